The molecule has 0 bridgehead atoms. The van der Waals surface area contributed by atoms with Gasteiger partial charge in [-0.3, -0.25) is 9.59 Å². The second-order valence-corrected chi connectivity index (χ2v) is 10.0. The molecule has 0 N–H and O–H groups in total. The molecule has 0 radical (unpaired) electrons. The Balaban J connectivity index is 1.49. The quantitative estimate of drug-likeness (QED) is 0.284. The molecule has 27 heavy (non-hydrogen) atoms. The van der Waals surface area contributed by atoms with Crippen molar-refractivity contribution in [2.45, 2.75) is 8.68 Å². The van der Waals surface area contributed by atoms with Gasteiger partial charge < -0.3 is 0 Å². The Bertz CT molecular complexity index is 870. The topological polar surface area (TPSA) is 59.9 Å². The molecule has 0 amide bonds. The molecule has 138 valence electrons. The number of halogens is 2. The predicted octanol–water partition coefficient (Wildman–Crippen LogP) is 5.90. The van der Waals surface area contributed by atoms with Crippen LogP contribution in [0, 0.1) is 0 Å². The molecule has 2 aromatic carbocycles. The summed E-state index contributed by atoms with van der Waals surface area (Å²) in [5, 5.41) is 8.76. The van der Waals surface area contributed by atoms with Gasteiger partial charge in [-0.05, 0) is 36.4 Å². The van der Waals surface area contributed by atoms with Gasteiger partial charge in [0.15, 0.2) is 20.2 Å². The van der Waals surface area contributed by atoms with Crippen molar-refractivity contribution in [3.63, 3.8) is 0 Å². The molecule has 0 unspecified atom stereocenters. The van der Waals surface area contributed by atoms with E-state index in [9.17, 15) is 9.59 Å². The van der Waals surface area contributed by atoms with Crippen LogP contribution in [0.25, 0.3) is 0 Å². The zero-order valence-electron chi connectivity index (χ0n) is 13.7. The number of thioether (sulfide) groups is 2. The molecule has 9 heteroatoms. The largest absolute Gasteiger partial charge is 0.293 e. The average molecular weight is 500 g/mol. The Kier molecular flexibility index (Phi) is 7.49. The minimum Gasteiger partial charge on any atom is -0.293 e. The van der Waals surface area contributed by atoms with Crippen molar-refractivity contribution in [1.29, 1.82) is 0 Å². The summed E-state index contributed by atoms with van der Waals surface area (Å²) in [5.74, 6) is 0.616. The zero-order valence-corrected chi connectivity index (χ0v) is 18.5. The minimum absolute atomic E-state index is 0.00601. The first-order valence-corrected chi connectivity index (χ1v) is 11.6. The number of nitrogens with zero attached hydrogens (tertiary/aromatic N) is 2. The van der Waals surface area contributed by atoms with Gasteiger partial charge in [0.25, 0.3) is 0 Å². The summed E-state index contributed by atoms with van der Waals surface area (Å²) < 4.78 is 2.35. The van der Waals surface area contributed by atoms with Crippen molar-refractivity contribution in [3.8, 4) is 0 Å². The third-order valence-corrected chi connectivity index (χ3v) is 7.34. The highest BCUT2D eigenvalue weighted by Gasteiger charge is 2.12. The van der Waals surface area contributed by atoms with E-state index in [2.05, 4.69) is 26.1 Å². The number of hydrogen-bond donors (Lipinski definition) is 0. The summed E-state index contributed by atoms with van der Waals surface area (Å²) in [4.78, 5) is 24.4. The highest BCUT2D eigenvalue weighted by Crippen LogP contribution is 2.29. The second-order valence-electron chi connectivity index (χ2n) is 5.27. The van der Waals surface area contributed by atoms with E-state index >= 15 is 0 Å². The summed E-state index contributed by atoms with van der Waals surface area (Å²) in [6.07, 6.45) is 0. The van der Waals surface area contributed by atoms with Crippen LogP contribution in [0.5, 0.6) is 0 Å². The van der Waals surface area contributed by atoms with Gasteiger partial charge in [0.2, 0.25) is 0 Å². The third-order valence-electron chi connectivity index (χ3n) is 3.37. The van der Waals surface area contributed by atoms with E-state index in [0.29, 0.717) is 30.6 Å². The Morgan fingerprint density at radius 1 is 0.852 bits per heavy atom. The molecule has 0 fully saturated rings. The molecule has 0 atom stereocenters. The molecule has 3 rings (SSSR count). The smallest absolute Gasteiger partial charge is 0.175 e. The average Bonchev–Trinajstić information content (AvgIpc) is 3.13. The minimum atomic E-state index is 0.00601. The molecule has 0 saturated heterocycles. The maximum atomic E-state index is 12.2. The number of benzene rings is 2. The summed E-state index contributed by atoms with van der Waals surface area (Å²) >= 11 is 13.3. The van der Waals surface area contributed by atoms with Crippen LogP contribution in [-0.4, -0.2) is 33.3 Å². The molecular formula is C18H12BrClN2O2S3. The molecule has 0 spiro atoms. The maximum Gasteiger partial charge on any atom is 0.175 e. The fourth-order valence-corrected chi connectivity index (χ4v) is 5.21. The van der Waals surface area contributed by atoms with Gasteiger partial charge in [-0.1, -0.05) is 74.5 Å². The van der Waals surface area contributed by atoms with E-state index in [-0.39, 0.29) is 17.3 Å². The molecule has 0 saturated carbocycles. The summed E-state index contributed by atoms with van der Waals surface area (Å²) in [6, 6.07) is 14.1. The summed E-state index contributed by atoms with van der Waals surface area (Å²) in [6.45, 7) is 0. The van der Waals surface area contributed by atoms with E-state index in [1.807, 2.05) is 12.1 Å². The standard InChI is InChI=1S/C18H12BrClN2O2S3/c19-13-5-1-11(2-6-13)15(23)9-25-17-21-22-18(27-17)26-10-16(24)12-3-7-14(20)8-4-12/h1-8H,9-10H2. The number of rotatable bonds is 8. The van der Waals surface area contributed by atoms with Gasteiger partial charge in [-0.15, -0.1) is 10.2 Å². The van der Waals surface area contributed by atoms with E-state index in [1.165, 1.54) is 34.9 Å². The highest BCUT2D eigenvalue weighted by molar-refractivity contribution is 9.10. The first kappa shape index (κ1) is 20.5. The van der Waals surface area contributed by atoms with E-state index < -0.39 is 0 Å². The third kappa shape index (κ3) is 6.15. The summed E-state index contributed by atoms with van der Waals surface area (Å²) in [5.41, 5.74) is 1.28. The van der Waals surface area contributed by atoms with E-state index in [4.69, 9.17) is 11.6 Å². The van der Waals surface area contributed by atoms with Crippen molar-refractivity contribution in [1.82, 2.24) is 10.2 Å². The van der Waals surface area contributed by atoms with Crippen LogP contribution >= 0.6 is 62.4 Å². The Morgan fingerprint density at radius 2 is 1.30 bits per heavy atom. The number of aromatic nitrogens is 2. The monoisotopic (exact) mass is 498 g/mol. The lowest BCUT2D eigenvalue weighted by Gasteiger charge is -1.99. The van der Waals surface area contributed by atoms with Gasteiger partial charge in [0.1, 0.15) is 0 Å². The Hall–Kier alpha value is -1.19. The van der Waals surface area contributed by atoms with Crippen molar-refractivity contribution < 1.29 is 9.59 Å². The molecule has 3 aromatic rings. The zero-order chi connectivity index (χ0) is 19.2. The molecule has 1 heterocycles. The van der Waals surface area contributed by atoms with Gasteiger partial charge >= 0.3 is 0 Å². The maximum absolute atomic E-state index is 12.2. The van der Waals surface area contributed by atoms with E-state index in [1.54, 1.807) is 36.4 Å². The number of carbonyl (C=O) groups is 2. The van der Waals surface area contributed by atoms with Crippen molar-refractivity contribution in [2.24, 2.45) is 0 Å². The van der Waals surface area contributed by atoms with E-state index in [0.717, 1.165) is 4.47 Å². The predicted molar refractivity (Wildman–Crippen MR) is 116 cm³/mol. The van der Waals surface area contributed by atoms with Crippen LogP contribution in [0.15, 0.2) is 61.7 Å². The Morgan fingerprint density at radius 3 is 1.78 bits per heavy atom. The van der Waals surface area contributed by atoms with Crippen LogP contribution in [0.3, 0.4) is 0 Å². The summed E-state index contributed by atoms with van der Waals surface area (Å²) in [7, 11) is 0. The van der Waals surface area contributed by atoms with Gasteiger partial charge in [-0.25, -0.2) is 0 Å². The molecule has 0 aliphatic heterocycles. The fourth-order valence-electron chi connectivity index (χ4n) is 2.01. The highest BCUT2D eigenvalue weighted by atomic mass is 79.9. The number of hydrogen-bond acceptors (Lipinski definition) is 7. The Labute approximate surface area is 182 Å². The van der Waals surface area contributed by atoms with Crippen LogP contribution < -0.4 is 0 Å². The van der Waals surface area contributed by atoms with Crippen molar-refractivity contribution in [2.75, 3.05) is 11.5 Å². The van der Waals surface area contributed by atoms with Gasteiger partial charge in [-0.2, -0.15) is 0 Å². The lowest BCUT2D eigenvalue weighted by molar-refractivity contribution is 0.101. The van der Waals surface area contributed by atoms with Crippen molar-refractivity contribution in [3.05, 3.63) is 69.2 Å². The number of Topliss-reactive ketones (excluding diaryl/α,β-unsaturated/α-hetero) is 2. The SMILES string of the molecule is O=C(CSc1nnc(SCC(=O)c2ccc(Br)cc2)s1)c1ccc(Cl)cc1. The van der Waals surface area contributed by atoms with Gasteiger partial charge in [0.05, 0.1) is 11.5 Å². The van der Waals surface area contributed by atoms with Crippen molar-refractivity contribution >= 4 is 74.0 Å². The first-order chi connectivity index (χ1) is 13.0. The van der Waals surface area contributed by atoms with Crippen LogP contribution in [0.1, 0.15) is 20.7 Å². The molecule has 1 aromatic heterocycles. The molecule has 4 nitrogen and oxygen atoms in total. The van der Waals surface area contributed by atoms with Crippen LogP contribution in [-0.2, 0) is 0 Å². The lowest BCUT2D eigenvalue weighted by atomic mass is 10.1. The van der Waals surface area contributed by atoms with Crippen LogP contribution in [0.2, 0.25) is 5.02 Å². The second kappa shape index (κ2) is 9.84. The van der Waals surface area contributed by atoms with Gasteiger partial charge in [0, 0.05) is 20.6 Å². The molecule has 0 aliphatic rings. The fraction of sp³-hybridized carbons (Fsp3) is 0.111. The number of ketones is 2. The first-order valence-electron chi connectivity index (χ1n) is 7.68. The number of carbonyl (C=O) groups excluding carboxylic acids is 2. The molecule has 0 aliphatic carbocycles. The molecular weight excluding hydrogens is 488 g/mol. The normalized spacial score (nSPS) is 10.7. The van der Waals surface area contributed by atoms with Crippen LogP contribution in [0.4, 0.5) is 0 Å². The lowest BCUT2D eigenvalue weighted by Crippen LogP contribution is -2.01.